The molecule has 0 aliphatic carbocycles. The maximum absolute atomic E-state index is 13.4. The van der Waals surface area contributed by atoms with Crippen molar-refractivity contribution in [1.29, 1.82) is 0 Å². The van der Waals surface area contributed by atoms with Crippen molar-refractivity contribution in [2.24, 2.45) is 0 Å². The van der Waals surface area contributed by atoms with Crippen LogP contribution in [0, 0.1) is 13.8 Å². The van der Waals surface area contributed by atoms with Gasteiger partial charge in [0.15, 0.2) is 5.76 Å². The van der Waals surface area contributed by atoms with Crippen LogP contribution in [-0.2, 0) is 4.79 Å². The van der Waals surface area contributed by atoms with Crippen molar-refractivity contribution in [2.75, 3.05) is 6.54 Å². The SMILES string of the molecule is CCCN1C(=O)C(O)=C(C(=O)c2sc(C)nc2C)C1c1ccccc1OC(C)C. The molecule has 1 aliphatic heterocycles. The lowest BCUT2D eigenvalue weighted by atomic mass is 9.94. The molecule has 2 heterocycles. The summed E-state index contributed by atoms with van der Waals surface area (Å²) in [6, 6.07) is 6.66. The van der Waals surface area contributed by atoms with Crippen LogP contribution in [0.5, 0.6) is 5.75 Å². The first kappa shape index (κ1) is 21.0. The number of para-hydroxylation sites is 1. The zero-order valence-electron chi connectivity index (χ0n) is 17.4. The highest BCUT2D eigenvalue weighted by Gasteiger charge is 2.45. The molecule has 1 aromatic heterocycles. The number of hydrogen-bond donors (Lipinski definition) is 1. The number of carbonyl (C=O) groups excluding carboxylic acids is 2. The van der Waals surface area contributed by atoms with Crippen LogP contribution in [0.4, 0.5) is 0 Å². The average molecular weight is 415 g/mol. The first-order valence-corrected chi connectivity index (χ1v) is 10.6. The number of ether oxygens (including phenoxy) is 1. The number of aryl methyl sites for hydroxylation is 2. The molecule has 29 heavy (non-hydrogen) atoms. The van der Waals surface area contributed by atoms with E-state index < -0.39 is 17.7 Å². The molecule has 0 bridgehead atoms. The van der Waals surface area contributed by atoms with E-state index in [1.54, 1.807) is 11.8 Å². The smallest absolute Gasteiger partial charge is 0.290 e. The summed E-state index contributed by atoms with van der Waals surface area (Å²) < 4.78 is 5.95. The quantitative estimate of drug-likeness (QED) is 0.673. The summed E-state index contributed by atoms with van der Waals surface area (Å²) in [5.74, 6) is -0.780. The van der Waals surface area contributed by atoms with Crippen molar-refractivity contribution in [3.8, 4) is 5.75 Å². The van der Waals surface area contributed by atoms with Gasteiger partial charge in [-0.25, -0.2) is 4.98 Å². The Hall–Kier alpha value is -2.67. The summed E-state index contributed by atoms with van der Waals surface area (Å²) in [6.45, 7) is 9.80. The minimum atomic E-state index is -0.702. The minimum absolute atomic E-state index is 0.0732. The number of aliphatic hydroxyl groups excluding tert-OH is 1. The van der Waals surface area contributed by atoms with Crippen LogP contribution in [0.15, 0.2) is 35.6 Å². The first-order chi connectivity index (χ1) is 13.8. The predicted octanol–water partition coefficient (Wildman–Crippen LogP) is 4.54. The van der Waals surface area contributed by atoms with Crippen LogP contribution in [0.2, 0.25) is 0 Å². The normalized spacial score (nSPS) is 16.8. The van der Waals surface area contributed by atoms with Crippen molar-refractivity contribution in [3.63, 3.8) is 0 Å². The monoisotopic (exact) mass is 414 g/mol. The van der Waals surface area contributed by atoms with Crippen molar-refractivity contribution >= 4 is 23.0 Å². The molecule has 0 saturated heterocycles. The molecular weight excluding hydrogens is 388 g/mol. The molecule has 1 unspecified atom stereocenters. The lowest BCUT2D eigenvalue weighted by Crippen LogP contribution is -2.32. The molecule has 0 saturated carbocycles. The molecule has 0 radical (unpaired) electrons. The Balaban J connectivity index is 2.16. The van der Waals surface area contributed by atoms with Crippen LogP contribution < -0.4 is 4.74 Å². The van der Waals surface area contributed by atoms with Gasteiger partial charge in [0, 0.05) is 12.1 Å². The van der Waals surface area contributed by atoms with E-state index in [9.17, 15) is 14.7 Å². The Morgan fingerprint density at radius 2 is 2.00 bits per heavy atom. The van der Waals surface area contributed by atoms with Gasteiger partial charge in [0.05, 0.1) is 33.3 Å². The van der Waals surface area contributed by atoms with E-state index in [2.05, 4.69) is 4.98 Å². The van der Waals surface area contributed by atoms with E-state index in [1.165, 1.54) is 11.3 Å². The average Bonchev–Trinajstić information content (AvgIpc) is 3.12. The highest BCUT2D eigenvalue weighted by molar-refractivity contribution is 7.14. The largest absolute Gasteiger partial charge is 0.503 e. The van der Waals surface area contributed by atoms with Gasteiger partial charge in [-0.3, -0.25) is 9.59 Å². The molecule has 1 aromatic carbocycles. The number of nitrogens with zero attached hydrogens (tertiary/aromatic N) is 2. The van der Waals surface area contributed by atoms with Gasteiger partial charge in [-0.2, -0.15) is 0 Å². The lowest BCUT2D eigenvalue weighted by molar-refractivity contribution is -0.129. The van der Waals surface area contributed by atoms with Crippen molar-refractivity contribution in [1.82, 2.24) is 9.88 Å². The fraction of sp³-hybridized carbons (Fsp3) is 0.409. The second-order valence-corrected chi connectivity index (χ2v) is 8.55. The number of thiazole rings is 1. The van der Waals surface area contributed by atoms with Gasteiger partial charge in [-0.05, 0) is 40.2 Å². The maximum atomic E-state index is 13.4. The topological polar surface area (TPSA) is 79.7 Å². The number of Topliss-reactive ketones (excluding diaryl/α,β-unsaturated/α-hetero) is 1. The van der Waals surface area contributed by atoms with Crippen molar-refractivity contribution in [2.45, 2.75) is 53.2 Å². The molecule has 0 spiro atoms. The second-order valence-electron chi connectivity index (χ2n) is 7.34. The summed E-state index contributed by atoms with van der Waals surface area (Å²) in [6.07, 6.45) is 0.624. The molecular formula is C22H26N2O4S. The third-order valence-electron chi connectivity index (χ3n) is 4.70. The standard InChI is InChI=1S/C22H26N2O4S/c1-6-11-24-18(15-9-7-8-10-16(15)28-12(2)3)17(20(26)22(24)27)19(25)21-13(4)23-14(5)29-21/h7-10,12,18,26H,6,11H2,1-5H3. The molecule has 154 valence electrons. The highest BCUT2D eigenvalue weighted by atomic mass is 32.1. The molecule has 1 atom stereocenters. The number of ketones is 1. The lowest BCUT2D eigenvalue weighted by Gasteiger charge is -2.28. The second kappa shape index (κ2) is 8.37. The number of amides is 1. The van der Waals surface area contributed by atoms with E-state index in [1.807, 2.05) is 52.0 Å². The molecule has 3 rings (SSSR count). The highest BCUT2D eigenvalue weighted by Crippen LogP contribution is 2.43. The molecule has 0 fully saturated rings. The van der Waals surface area contributed by atoms with E-state index in [-0.39, 0.29) is 17.5 Å². The predicted molar refractivity (Wildman–Crippen MR) is 113 cm³/mol. The Kier molecular flexibility index (Phi) is 6.07. The Morgan fingerprint density at radius 3 is 2.59 bits per heavy atom. The van der Waals surface area contributed by atoms with Gasteiger partial charge in [0.1, 0.15) is 5.75 Å². The summed E-state index contributed by atoms with van der Waals surface area (Å²) >= 11 is 1.27. The zero-order chi connectivity index (χ0) is 21.3. The summed E-state index contributed by atoms with van der Waals surface area (Å²) in [7, 11) is 0. The number of hydrogen-bond acceptors (Lipinski definition) is 6. The third-order valence-corrected chi connectivity index (χ3v) is 5.77. The number of rotatable bonds is 7. The van der Waals surface area contributed by atoms with Crippen LogP contribution in [-0.4, -0.2) is 39.3 Å². The van der Waals surface area contributed by atoms with E-state index >= 15 is 0 Å². The maximum Gasteiger partial charge on any atom is 0.290 e. The van der Waals surface area contributed by atoms with Gasteiger partial charge in [-0.15, -0.1) is 11.3 Å². The summed E-state index contributed by atoms with van der Waals surface area (Å²) in [5, 5.41) is 11.5. The fourth-order valence-corrected chi connectivity index (χ4v) is 4.49. The van der Waals surface area contributed by atoms with Crippen molar-refractivity contribution < 1.29 is 19.4 Å². The molecule has 7 heteroatoms. The first-order valence-electron chi connectivity index (χ1n) is 9.74. The Labute approximate surface area is 174 Å². The van der Waals surface area contributed by atoms with E-state index in [0.29, 0.717) is 34.8 Å². The molecule has 1 aliphatic rings. The van der Waals surface area contributed by atoms with Gasteiger partial charge in [0.2, 0.25) is 5.78 Å². The number of benzene rings is 1. The van der Waals surface area contributed by atoms with E-state index in [4.69, 9.17) is 4.74 Å². The Morgan fingerprint density at radius 1 is 1.31 bits per heavy atom. The number of carbonyl (C=O) groups is 2. The van der Waals surface area contributed by atoms with Gasteiger partial charge < -0.3 is 14.7 Å². The third kappa shape index (κ3) is 3.92. The van der Waals surface area contributed by atoms with Crippen LogP contribution in [0.3, 0.4) is 0 Å². The fourth-order valence-electron chi connectivity index (χ4n) is 3.61. The molecule has 6 nitrogen and oxygen atoms in total. The Bertz CT molecular complexity index is 977. The van der Waals surface area contributed by atoms with Crippen molar-refractivity contribution in [3.05, 3.63) is 56.7 Å². The zero-order valence-corrected chi connectivity index (χ0v) is 18.2. The van der Waals surface area contributed by atoms with E-state index in [0.717, 1.165) is 5.01 Å². The molecule has 1 N–H and O–H groups in total. The van der Waals surface area contributed by atoms with Gasteiger partial charge in [-0.1, -0.05) is 25.1 Å². The number of aromatic nitrogens is 1. The number of aliphatic hydroxyl groups is 1. The van der Waals surface area contributed by atoms with Crippen LogP contribution in [0.1, 0.15) is 59.2 Å². The van der Waals surface area contributed by atoms with Crippen LogP contribution in [0.25, 0.3) is 0 Å². The van der Waals surface area contributed by atoms with Gasteiger partial charge >= 0.3 is 0 Å². The minimum Gasteiger partial charge on any atom is -0.503 e. The summed E-state index contributed by atoms with van der Waals surface area (Å²) in [4.78, 5) is 32.6. The molecule has 1 amide bonds. The summed E-state index contributed by atoms with van der Waals surface area (Å²) in [5.41, 5.74) is 1.38. The molecule has 2 aromatic rings. The van der Waals surface area contributed by atoms with Crippen LogP contribution >= 0.6 is 11.3 Å². The van der Waals surface area contributed by atoms with Gasteiger partial charge in [0.25, 0.3) is 5.91 Å².